The van der Waals surface area contributed by atoms with Gasteiger partial charge in [-0.15, -0.1) is 0 Å². The van der Waals surface area contributed by atoms with Crippen molar-refractivity contribution in [3.8, 4) is 0 Å². The van der Waals surface area contributed by atoms with Crippen molar-refractivity contribution in [2.45, 2.75) is 5.16 Å². The van der Waals surface area contributed by atoms with Crippen molar-refractivity contribution in [1.29, 1.82) is 0 Å². The van der Waals surface area contributed by atoms with E-state index in [2.05, 4.69) is 20.2 Å². The first-order chi connectivity index (χ1) is 16.4. The fraction of sp³-hybridized carbons (Fsp3) is 0.217. The summed E-state index contributed by atoms with van der Waals surface area (Å²) in [7, 11) is 0. The van der Waals surface area contributed by atoms with Gasteiger partial charge in [0.15, 0.2) is 11.0 Å². The van der Waals surface area contributed by atoms with E-state index in [0.717, 1.165) is 36.6 Å². The Morgan fingerprint density at radius 1 is 1.06 bits per heavy atom. The number of amides is 2. The summed E-state index contributed by atoms with van der Waals surface area (Å²) in [5.41, 5.74) is 5.79. The van der Waals surface area contributed by atoms with Crippen LogP contribution in [0.25, 0.3) is 0 Å². The highest BCUT2D eigenvalue weighted by Crippen LogP contribution is 2.20. The summed E-state index contributed by atoms with van der Waals surface area (Å²) in [6.07, 6.45) is 0. The van der Waals surface area contributed by atoms with Crippen LogP contribution in [0.5, 0.6) is 0 Å². The summed E-state index contributed by atoms with van der Waals surface area (Å²) in [4.78, 5) is 47.9. The number of nitrogens with two attached hydrogens (primary N) is 1. The number of anilines is 3. The van der Waals surface area contributed by atoms with Crippen LogP contribution in [0.3, 0.4) is 0 Å². The fourth-order valence-electron chi connectivity index (χ4n) is 3.56. The molecule has 1 saturated heterocycles. The Kier molecular flexibility index (Phi) is 7.12. The topological polar surface area (TPSA) is 124 Å². The van der Waals surface area contributed by atoms with Crippen LogP contribution in [0.15, 0.2) is 64.5 Å². The first-order valence-electron chi connectivity index (χ1n) is 10.6. The second-order valence-electron chi connectivity index (χ2n) is 7.56. The van der Waals surface area contributed by atoms with E-state index in [-0.39, 0.29) is 33.9 Å². The Morgan fingerprint density at radius 2 is 1.74 bits per heavy atom. The lowest BCUT2D eigenvalue weighted by Crippen LogP contribution is -2.49. The van der Waals surface area contributed by atoms with E-state index in [9.17, 15) is 18.8 Å². The molecule has 0 unspecified atom stereocenters. The minimum atomic E-state index is -0.817. The normalized spacial score (nSPS) is 13.6. The zero-order valence-electron chi connectivity index (χ0n) is 18.2. The molecule has 0 radical (unpaired) electrons. The molecule has 11 heteroatoms. The number of hydrogen-bond donors (Lipinski definition) is 3. The van der Waals surface area contributed by atoms with E-state index < -0.39 is 17.3 Å². The number of carbonyl (C=O) groups excluding carboxylic acids is 2. The van der Waals surface area contributed by atoms with Gasteiger partial charge in [0.05, 0.1) is 11.3 Å². The summed E-state index contributed by atoms with van der Waals surface area (Å²) >= 11 is 1.05. The van der Waals surface area contributed by atoms with Gasteiger partial charge in [0.2, 0.25) is 5.91 Å². The number of piperazine rings is 1. The first kappa shape index (κ1) is 23.3. The molecule has 0 atom stereocenters. The molecule has 2 aromatic carbocycles. The predicted octanol–water partition coefficient (Wildman–Crippen LogP) is 2.18. The SMILES string of the molecule is Nc1nc(SCC(=O)N2CCN(c3ccccc3)CC2)[nH]c(=O)c1NC(=O)c1ccccc1F. The number of carbonyl (C=O) groups is 2. The van der Waals surface area contributed by atoms with Crippen molar-refractivity contribution >= 4 is 40.8 Å². The van der Waals surface area contributed by atoms with Crippen LogP contribution in [0, 0.1) is 5.82 Å². The third-order valence-electron chi connectivity index (χ3n) is 5.37. The van der Waals surface area contributed by atoms with Crippen LogP contribution in [-0.2, 0) is 4.79 Å². The number of H-pyrrole nitrogens is 1. The minimum absolute atomic E-state index is 0.0733. The molecule has 4 N–H and O–H groups in total. The van der Waals surface area contributed by atoms with Crippen molar-refractivity contribution in [3.05, 3.63) is 76.3 Å². The van der Waals surface area contributed by atoms with Gasteiger partial charge in [-0.1, -0.05) is 42.1 Å². The van der Waals surface area contributed by atoms with Gasteiger partial charge in [-0.3, -0.25) is 19.4 Å². The maximum absolute atomic E-state index is 13.8. The molecule has 9 nitrogen and oxygen atoms in total. The summed E-state index contributed by atoms with van der Waals surface area (Å²) in [5, 5.41) is 2.45. The number of thioether (sulfide) groups is 1. The van der Waals surface area contributed by atoms with Crippen LogP contribution in [0.1, 0.15) is 10.4 Å². The van der Waals surface area contributed by atoms with E-state index in [1.54, 1.807) is 4.90 Å². The summed E-state index contributed by atoms with van der Waals surface area (Å²) in [6.45, 7) is 2.67. The summed E-state index contributed by atoms with van der Waals surface area (Å²) in [6, 6.07) is 15.4. The van der Waals surface area contributed by atoms with E-state index >= 15 is 0 Å². The molecule has 4 rings (SSSR count). The largest absolute Gasteiger partial charge is 0.382 e. The number of aromatic nitrogens is 2. The zero-order chi connectivity index (χ0) is 24.1. The zero-order valence-corrected chi connectivity index (χ0v) is 19.0. The molecule has 0 spiro atoms. The number of halogens is 1. The molecule has 1 fully saturated rings. The van der Waals surface area contributed by atoms with Crippen LogP contribution in [0.4, 0.5) is 21.6 Å². The Hall–Kier alpha value is -3.86. The third kappa shape index (κ3) is 5.37. The van der Waals surface area contributed by atoms with Crippen molar-refractivity contribution < 1.29 is 14.0 Å². The van der Waals surface area contributed by atoms with Crippen molar-refractivity contribution in [1.82, 2.24) is 14.9 Å². The minimum Gasteiger partial charge on any atom is -0.382 e. The molecule has 0 aliphatic carbocycles. The Labute approximate surface area is 199 Å². The van der Waals surface area contributed by atoms with Crippen LogP contribution in [-0.4, -0.2) is 58.6 Å². The van der Waals surface area contributed by atoms with Gasteiger partial charge in [0, 0.05) is 31.9 Å². The number of nitrogens with zero attached hydrogens (tertiary/aromatic N) is 3. The molecule has 1 aliphatic rings. The molecule has 34 heavy (non-hydrogen) atoms. The number of benzene rings is 2. The lowest BCUT2D eigenvalue weighted by molar-refractivity contribution is -0.128. The monoisotopic (exact) mass is 482 g/mol. The molecular formula is C23H23FN6O3S. The number of rotatable bonds is 6. The second kappa shape index (κ2) is 10.4. The molecule has 3 aromatic rings. The van der Waals surface area contributed by atoms with E-state index in [4.69, 9.17) is 5.73 Å². The predicted molar refractivity (Wildman–Crippen MR) is 130 cm³/mol. The van der Waals surface area contributed by atoms with E-state index in [1.807, 2.05) is 30.3 Å². The third-order valence-corrected chi connectivity index (χ3v) is 6.23. The van der Waals surface area contributed by atoms with E-state index in [1.165, 1.54) is 18.2 Å². The molecule has 2 heterocycles. The van der Waals surface area contributed by atoms with Crippen molar-refractivity contribution in [2.75, 3.05) is 47.9 Å². The Balaban J connectivity index is 1.33. The Morgan fingerprint density at radius 3 is 2.41 bits per heavy atom. The molecule has 1 aliphatic heterocycles. The highest BCUT2D eigenvalue weighted by atomic mass is 32.2. The lowest BCUT2D eigenvalue weighted by atomic mass is 10.2. The number of nitrogen functional groups attached to an aromatic ring is 1. The number of hydrogen-bond acceptors (Lipinski definition) is 7. The second-order valence-corrected chi connectivity index (χ2v) is 8.52. The maximum atomic E-state index is 13.8. The average Bonchev–Trinajstić information content (AvgIpc) is 2.85. The smallest absolute Gasteiger partial charge is 0.277 e. The quantitative estimate of drug-likeness (QED) is 0.363. The molecular weight excluding hydrogens is 459 g/mol. The molecule has 176 valence electrons. The van der Waals surface area contributed by atoms with Gasteiger partial charge in [0.1, 0.15) is 11.5 Å². The average molecular weight is 483 g/mol. The maximum Gasteiger partial charge on any atom is 0.277 e. The highest BCUT2D eigenvalue weighted by Gasteiger charge is 2.22. The number of para-hydroxylation sites is 1. The molecule has 1 aromatic heterocycles. The lowest BCUT2D eigenvalue weighted by Gasteiger charge is -2.36. The molecule has 0 saturated carbocycles. The summed E-state index contributed by atoms with van der Waals surface area (Å²) < 4.78 is 13.8. The van der Waals surface area contributed by atoms with Gasteiger partial charge in [-0.25, -0.2) is 9.37 Å². The first-order valence-corrected chi connectivity index (χ1v) is 11.6. The van der Waals surface area contributed by atoms with Crippen molar-refractivity contribution in [2.24, 2.45) is 0 Å². The van der Waals surface area contributed by atoms with Crippen LogP contribution >= 0.6 is 11.8 Å². The van der Waals surface area contributed by atoms with Gasteiger partial charge in [-0.2, -0.15) is 0 Å². The number of nitrogens with one attached hydrogen (secondary N) is 2. The van der Waals surface area contributed by atoms with Crippen molar-refractivity contribution in [3.63, 3.8) is 0 Å². The van der Waals surface area contributed by atoms with Gasteiger partial charge >= 0.3 is 0 Å². The standard InChI is InChI=1S/C23H23FN6O3S/c24-17-9-5-4-8-16(17)21(32)26-19-20(25)27-23(28-22(19)33)34-14-18(31)30-12-10-29(11-13-30)15-6-2-1-3-7-15/h1-9H,10-14H2,(H,26,32)(H3,25,27,28,33). The van der Waals surface area contributed by atoms with Gasteiger partial charge < -0.3 is 20.9 Å². The fourth-order valence-corrected chi connectivity index (χ4v) is 4.33. The number of aromatic amines is 1. The summed E-state index contributed by atoms with van der Waals surface area (Å²) in [5.74, 6) is -1.76. The van der Waals surface area contributed by atoms with E-state index in [0.29, 0.717) is 13.1 Å². The van der Waals surface area contributed by atoms with Gasteiger partial charge in [0.25, 0.3) is 11.5 Å². The molecule has 0 bridgehead atoms. The van der Waals surface area contributed by atoms with Crippen LogP contribution in [0.2, 0.25) is 0 Å². The Bertz CT molecular complexity index is 1240. The van der Waals surface area contributed by atoms with Crippen LogP contribution < -0.4 is 21.5 Å². The highest BCUT2D eigenvalue weighted by molar-refractivity contribution is 7.99. The van der Waals surface area contributed by atoms with Gasteiger partial charge in [-0.05, 0) is 24.3 Å². The molecule has 2 amide bonds.